The van der Waals surface area contributed by atoms with Crippen molar-refractivity contribution in [2.75, 3.05) is 11.9 Å². The molecule has 0 heterocycles. The summed E-state index contributed by atoms with van der Waals surface area (Å²) in [6.07, 6.45) is 1.34. The molecule has 0 spiro atoms. The molecule has 0 saturated heterocycles. The minimum absolute atomic E-state index is 0.00241. The molecule has 8 heteroatoms. The molecule has 2 amide bonds. The molecule has 3 rings (SSSR count). The van der Waals surface area contributed by atoms with Crippen molar-refractivity contribution in [3.8, 4) is 23.0 Å². The summed E-state index contributed by atoms with van der Waals surface area (Å²) in [5, 5.41) is 15.9. The molecule has 0 aromatic heterocycles. The van der Waals surface area contributed by atoms with E-state index < -0.39 is 11.8 Å². The number of hydrazone groups is 1. The van der Waals surface area contributed by atoms with Crippen molar-refractivity contribution in [2.24, 2.45) is 5.10 Å². The Morgan fingerprint density at radius 3 is 2.39 bits per heavy atom. The number of phenolic OH excluding ortho intramolecular Hbond substituents is 1. The fourth-order valence-corrected chi connectivity index (χ4v) is 2.52. The summed E-state index contributed by atoms with van der Waals surface area (Å²) < 4.78 is 11.0. The molecule has 3 N–H and O–H groups in total. The Balaban J connectivity index is 1.52. The van der Waals surface area contributed by atoms with Gasteiger partial charge in [-0.15, -0.1) is 0 Å². The lowest BCUT2D eigenvalue weighted by Gasteiger charge is -2.07. The van der Waals surface area contributed by atoms with E-state index in [1.54, 1.807) is 43.3 Å². The van der Waals surface area contributed by atoms with Crippen LogP contribution in [0.25, 0.3) is 0 Å². The van der Waals surface area contributed by atoms with E-state index in [9.17, 15) is 14.7 Å². The third-order valence-corrected chi connectivity index (χ3v) is 3.96. The van der Waals surface area contributed by atoms with Crippen LogP contribution in [0.1, 0.15) is 12.5 Å². The van der Waals surface area contributed by atoms with Crippen LogP contribution in [0.4, 0.5) is 5.69 Å². The van der Waals surface area contributed by atoms with Crippen LogP contribution in [-0.2, 0) is 9.59 Å². The molecule has 0 fully saturated rings. The van der Waals surface area contributed by atoms with Gasteiger partial charge in [-0.2, -0.15) is 5.10 Å². The normalized spacial score (nSPS) is 10.5. The Bertz CT molecular complexity index is 1070. The number of nitrogens with zero attached hydrogens (tertiary/aromatic N) is 1. The second kappa shape index (κ2) is 10.4. The Kier molecular flexibility index (Phi) is 7.21. The number of hydrogen-bond donors (Lipinski definition) is 3. The second-order valence-electron chi connectivity index (χ2n) is 6.25. The Labute approximate surface area is 179 Å². The van der Waals surface area contributed by atoms with Gasteiger partial charge in [-0.25, -0.2) is 5.43 Å². The third-order valence-electron chi connectivity index (χ3n) is 3.96. The Morgan fingerprint density at radius 1 is 0.968 bits per heavy atom. The van der Waals surface area contributed by atoms with E-state index >= 15 is 0 Å². The van der Waals surface area contributed by atoms with Gasteiger partial charge < -0.3 is 19.9 Å². The van der Waals surface area contributed by atoms with Crippen LogP contribution >= 0.6 is 0 Å². The highest BCUT2D eigenvalue weighted by Crippen LogP contribution is 2.26. The second-order valence-corrected chi connectivity index (χ2v) is 6.25. The van der Waals surface area contributed by atoms with Crippen LogP contribution in [0.2, 0.25) is 0 Å². The predicted molar refractivity (Wildman–Crippen MR) is 117 cm³/mol. The van der Waals surface area contributed by atoms with Crippen molar-refractivity contribution in [1.82, 2.24) is 5.43 Å². The average molecular weight is 419 g/mol. The van der Waals surface area contributed by atoms with Gasteiger partial charge in [-0.1, -0.05) is 18.2 Å². The molecule has 0 aliphatic carbocycles. The zero-order valence-corrected chi connectivity index (χ0v) is 16.7. The summed E-state index contributed by atoms with van der Waals surface area (Å²) in [7, 11) is 0. The van der Waals surface area contributed by atoms with E-state index in [4.69, 9.17) is 9.47 Å². The molecule has 0 bridgehead atoms. The van der Waals surface area contributed by atoms with Crippen molar-refractivity contribution in [1.29, 1.82) is 0 Å². The van der Waals surface area contributed by atoms with E-state index in [1.807, 2.05) is 30.3 Å². The van der Waals surface area contributed by atoms with Crippen molar-refractivity contribution in [3.05, 3.63) is 78.4 Å². The van der Waals surface area contributed by atoms with Crippen LogP contribution in [0.15, 0.2) is 77.9 Å². The average Bonchev–Trinajstić information content (AvgIpc) is 2.78. The van der Waals surface area contributed by atoms with Crippen LogP contribution in [0.5, 0.6) is 23.0 Å². The van der Waals surface area contributed by atoms with Crippen molar-refractivity contribution in [3.63, 3.8) is 0 Å². The molecular weight excluding hydrogens is 398 g/mol. The number of aromatic hydroxyl groups is 1. The highest BCUT2D eigenvalue weighted by atomic mass is 16.5. The maximum absolute atomic E-state index is 12.0. The summed E-state index contributed by atoms with van der Waals surface area (Å²) in [6, 6.07) is 20.5. The van der Waals surface area contributed by atoms with E-state index in [0.717, 1.165) is 0 Å². The van der Waals surface area contributed by atoms with Crippen LogP contribution < -0.4 is 20.2 Å². The highest BCUT2D eigenvalue weighted by molar-refractivity contribution is 6.39. The highest BCUT2D eigenvalue weighted by Gasteiger charge is 2.13. The molecule has 8 nitrogen and oxygen atoms in total. The predicted octanol–water partition coefficient (Wildman–Crippen LogP) is 3.67. The summed E-state index contributed by atoms with van der Waals surface area (Å²) in [5.41, 5.74) is 3.17. The smallest absolute Gasteiger partial charge is 0.329 e. The lowest BCUT2D eigenvalue weighted by atomic mass is 10.2. The number of rotatable bonds is 7. The number of phenols is 1. The van der Waals surface area contributed by atoms with Gasteiger partial charge in [-0.05, 0) is 67.1 Å². The number of carbonyl (C=O) groups excluding carboxylic acids is 2. The van der Waals surface area contributed by atoms with Crippen molar-refractivity contribution >= 4 is 23.7 Å². The molecule has 3 aromatic carbocycles. The quantitative estimate of drug-likeness (QED) is 0.308. The van der Waals surface area contributed by atoms with Gasteiger partial charge in [0.05, 0.1) is 12.8 Å². The summed E-state index contributed by atoms with van der Waals surface area (Å²) in [4.78, 5) is 24.0. The van der Waals surface area contributed by atoms with E-state index in [2.05, 4.69) is 15.8 Å². The molecule has 31 heavy (non-hydrogen) atoms. The minimum Gasteiger partial charge on any atom is -0.504 e. The first-order valence-corrected chi connectivity index (χ1v) is 9.48. The lowest BCUT2D eigenvalue weighted by Crippen LogP contribution is -2.32. The van der Waals surface area contributed by atoms with Gasteiger partial charge in [0.15, 0.2) is 11.5 Å². The zero-order chi connectivity index (χ0) is 22.1. The zero-order valence-electron chi connectivity index (χ0n) is 16.7. The topological polar surface area (TPSA) is 109 Å². The minimum atomic E-state index is -0.926. The first-order chi connectivity index (χ1) is 15.0. The molecule has 0 radical (unpaired) electrons. The lowest BCUT2D eigenvalue weighted by molar-refractivity contribution is -0.136. The number of amides is 2. The molecule has 3 aromatic rings. The van der Waals surface area contributed by atoms with Crippen LogP contribution in [0.3, 0.4) is 0 Å². The van der Waals surface area contributed by atoms with Gasteiger partial charge in [0.2, 0.25) is 0 Å². The fraction of sp³-hybridized carbons (Fsp3) is 0.0870. The molecule has 0 aliphatic heterocycles. The van der Waals surface area contributed by atoms with E-state index in [0.29, 0.717) is 35.1 Å². The Hall–Kier alpha value is -4.33. The number of anilines is 1. The first kappa shape index (κ1) is 21.4. The maximum atomic E-state index is 12.0. The van der Waals surface area contributed by atoms with Gasteiger partial charge in [0, 0.05) is 5.69 Å². The molecular formula is C23H21N3O5. The summed E-state index contributed by atoms with van der Waals surface area (Å²) in [6.45, 7) is 2.19. The molecule has 0 saturated carbocycles. The summed E-state index contributed by atoms with van der Waals surface area (Å²) in [5.74, 6) is -0.200. The van der Waals surface area contributed by atoms with Gasteiger partial charge in [-0.3, -0.25) is 9.59 Å². The molecule has 0 unspecified atom stereocenters. The van der Waals surface area contributed by atoms with Gasteiger partial charge in [0.25, 0.3) is 0 Å². The van der Waals surface area contributed by atoms with Crippen molar-refractivity contribution < 1.29 is 24.2 Å². The monoisotopic (exact) mass is 419 g/mol. The largest absolute Gasteiger partial charge is 0.504 e. The fourth-order valence-electron chi connectivity index (χ4n) is 2.52. The standard InChI is InChI=1S/C23H21N3O5/c1-2-30-21-14-16(8-13-20(21)27)15-24-26-23(29)22(28)25-17-9-11-19(12-10-17)31-18-6-4-3-5-7-18/h3-15,27H,2H2,1H3,(H,25,28)(H,26,29)/b24-15+. The number of para-hydroxylation sites is 1. The number of benzene rings is 3. The van der Waals surface area contributed by atoms with Crippen LogP contribution in [-0.4, -0.2) is 29.7 Å². The van der Waals surface area contributed by atoms with Crippen molar-refractivity contribution in [2.45, 2.75) is 6.92 Å². The van der Waals surface area contributed by atoms with Crippen LogP contribution in [0, 0.1) is 0 Å². The Morgan fingerprint density at radius 2 is 1.68 bits per heavy atom. The molecule has 0 atom stereocenters. The molecule has 0 aliphatic rings. The van der Waals surface area contributed by atoms with Gasteiger partial charge >= 0.3 is 11.8 Å². The number of carbonyl (C=O) groups is 2. The van der Waals surface area contributed by atoms with E-state index in [1.165, 1.54) is 12.3 Å². The van der Waals surface area contributed by atoms with Gasteiger partial charge in [0.1, 0.15) is 11.5 Å². The molecule has 158 valence electrons. The van der Waals surface area contributed by atoms with E-state index in [-0.39, 0.29) is 5.75 Å². The summed E-state index contributed by atoms with van der Waals surface area (Å²) >= 11 is 0. The number of nitrogens with one attached hydrogen (secondary N) is 2. The number of hydrogen-bond acceptors (Lipinski definition) is 6. The third kappa shape index (κ3) is 6.33. The first-order valence-electron chi connectivity index (χ1n) is 9.48. The number of ether oxygens (including phenoxy) is 2. The SMILES string of the molecule is CCOc1cc(/C=N/NC(=O)C(=O)Nc2ccc(Oc3ccccc3)cc2)ccc1O. The maximum Gasteiger partial charge on any atom is 0.329 e.